The van der Waals surface area contributed by atoms with Gasteiger partial charge in [0.15, 0.2) is 0 Å². The summed E-state index contributed by atoms with van der Waals surface area (Å²) in [6.45, 7) is 3.52. The summed E-state index contributed by atoms with van der Waals surface area (Å²) in [6.07, 6.45) is 4.57. The molecule has 8 nitrogen and oxygen atoms in total. The molecule has 0 saturated carbocycles. The third-order valence-electron chi connectivity index (χ3n) is 4.04. The number of rotatable bonds is 4. The van der Waals surface area contributed by atoms with Gasteiger partial charge in [0.05, 0.1) is 22.8 Å². The quantitative estimate of drug-likeness (QED) is 0.614. The van der Waals surface area contributed by atoms with Crippen LogP contribution in [-0.4, -0.2) is 39.8 Å². The number of aromatic nitrogens is 2. The molecule has 0 fully saturated rings. The Morgan fingerprint density at radius 3 is 2.48 bits per heavy atom. The predicted octanol–water partition coefficient (Wildman–Crippen LogP) is 0.741. The van der Waals surface area contributed by atoms with Crippen molar-refractivity contribution in [1.29, 1.82) is 0 Å². The number of nitrogens with zero attached hydrogens (tertiary/aromatic N) is 3. The number of carbonyl (C=O) groups is 1. The van der Waals surface area contributed by atoms with E-state index in [4.69, 9.17) is 5.21 Å². The second-order valence-corrected chi connectivity index (χ2v) is 7.36. The predicted molar refractivity (Wildman–Crippen MR) is 88.7 cm³/mol. The zero-order chi connectivity index (χ0) is 18.0. The number of carbonyl (C=O) groups excluding carboxylic acids is 1. The Balaban J connectivity index is 2.04. The van der Waals surface area contributed by atoms with Crippen LogP contribution in [0.2, 0.25) is 0 Å². The SMILES string of the molecule is C=Cc1ccc(S(=O)(=O)N2Cc3nccnc3C[C@@H]2C(=O)NO)cc1. The van der Waals surface area contributed by atoms with E-state index in [0.717, 1.165) is 9.87 Å². The Kier molecular flexibility index (Phi) is 4.62. The minimum absolute atomic E-state index is 0.0273. The third-order valence-corrected chi connectivity index (χ3v) is 5.90. The monoisotopic (exact) mass is 360 g/mol. The van der Waals surface area contributed by atoms with Crippen LogP contribution in [0.15, 0.2) is 48.1 Å². The first kappa shape index (κ1) is 17.2. The maximum absolute atomic E-state index is 13.0. The topological polar surface area (TPSA) is 112 Å². The molecule has 25 heavy (non-hydrogen) atoms. The number of fused-ring (bicyclic) bond motifs is 1. The van der Waals surface area contributed by atoms with Crippen molar-refractivity contribution < 1.29 is 18.4 Å². The molecule has 0 radical (unpaired) electrons. The van der Waals surface area contributed by atoms with Crippen LogP contribution in [0.25, 0.3) is 6.08 Å². The van der Waals surface area contributed by atoms with E-state index in [2.05, 4.69) is 16.5 Å². The van der Waals surface area contributed by atoms with Gasteiger partial charge in [-0.3, -0.25) is 20.0 Å². The molecule has 2 N–H and O–H groups in total. The smallest absolute Gasteiger partial charge is 0.262 e. The molecule has 9 heteroatoms. The number of sulfonamides is 1. The van der Waals surface area contributed by atoms with E-state index in [-0.39, 0.29) is 17.9 Å². The van der Waals surface area contributed by atoms with Crippen LogP contribution in [0.1, 0.15) is 17.0 Å². The van der Waals surface area contributed by atoms with Gasteiger partial charge in [-0.25, -0.2) is 13.9 Å². The molecule has 1 atom stereocenters. The van der Waals surface area contributed by atoms with Crippen LogP contribution in [0.4, 0.5) is 0 Å². The number of nitrogens with one attached hydrogen (secondary N) is 1. The fraction of sp³-hybridized carbons (Fsp3) is 0.188. The van der Waals surface area contributed by atoms with E-state index in [1.54, 1.807) is 18.2 Å². The first-order chi connectivity index (χ1) is 12.0. The van der Waals surface area contributed by atoms with Crippen molar-refractivity contribution >= 4 is 22.0 Å². The van der Waals surface area contributed by atoms with Crippen molar-refractivity contribution in [2.45, 2.75) is 23.9 Å². The van der Waals surface area contributed by atoms with Gasteiger partial charge in [-0.1, -0.05) is 24.8 Å². The summed E-state index contributed by atoms with van der Waals surface area (Å²) >= 11 is 0. The van der Waals surface area contributed by atoms with E-state index >= 15 is 0 Å². The number of amides is 1. The maximum atomic E-state index is 13.0. The summed E-state index contributed by atoms with van der Waals surface area (Å²) in [7, 11) is -3.97. The molecule has 0 aliphatic carbocycles. The Labute approximate surface area is 144 Å². The lowest BCUT2D eigenvalue weighted by Crippen LogP contribution is -2.52. The lowest BCUT2D eigenvalue weighted by Gasteiger charge is -2.33. The molecule has 2 aromatic rings. The zero-order valence-corrected chi connectivity index (χ0v) is 14.0. The van der Waals surface area contributed by atoms with E-state index in [1.807, 2.05) is 0 Å². The molecule has 1 amide bonds. The second-order valence-electron chi connectivity index (χ2n) is 5.47. The molecule has 1 aliphatic rings. The van der Waals surface area contributed by atoms with Crippen LogP contribution in [0.3, 0.4) is 0 Å². The van der Waals surface area contributed by atoms with Crippen LogP contribution in [-0.2, 0) is 27.8 Å². The number of hydrogen-bond donors (Lipinski definition) is 2. The molecular formula is C16H16N4O4S. The molecule has 0 bridgehead atoms. The highest BCUT2D eigenvalue weighted by Crippen LogP contribution is 2.27. The van der Waals surface area contributed by atoms with Crippen LogP contribution >= 0.6 is 0 Å². The van der Waals surface area contributed by atoms with Crippen LogP contribution < -0.4 is 5.48 Å². The van der Waals surface area contributed by atoms with E-state index < -0.39 is 22.0 Å². The molecule has 1 aromatic carbocycles. The number of hydrogen-bond acceptors (Lipinski definition) is 6. The lowest BCUT2D eigenvalue weighted by molar-refractivity contribution is -0.133. The Hall–Kier alpha value is -2.62. The highest BCUT2D eigenvalue weighted by atomic mass is 32.2. The minimum Gasteiger partial charge on any atom is -0.289 e. The van der Waals surface area contributed by atoms with Gasteiger partial charge in [-0.05, 0) is 17.7 Å². The summed E-state index contributed by atoms with van der Waals surface area (Å²) in [5.41, 5.74) is 3.32. The van der Waals surface area contributed by atoms with E-state index in [9.17, 15) is 13.2 Å². The van der Waals surface area contributed by atoms with Crippen molar-refractivity contribution in [3.05, 3.63) is 60.2 Å². The van der Waals surface area contributed by atoms with E-state index in [1.165, 1.54) is 30.0 Å². The van der Waals surface area contributed by atoms with Gasteiger partial charge in [0.1, 0.15) is 6.04 Å². The minimum atomic E-state index is -3.97. The first-order valence-corrected chi connectivity index (χ1v) is 8.88. The fourth-order valence-electron chi connectivity index (χ4n) is 2.70. The molecule has 0 spiro atoms. The fourth-order valence-corrected chi connectivity index (χ4v) is 4.25. The molecule has 130 valence electrons. The normalized spacial score (nSPS) is 17.6. The molecule has 2 heterocycles. The molecular weight excluding hydrogens is 344 g/mol. The van der Waals surface area contributed by atoms with Crippen molar-refractivity contribution in [2.24, 2.45) is 0 Å². The number of hydroxylamine groups is 1. The summed E-state index contributed by atoms with van der Waals surface area (Å²) in [6, 6.07) is 5.04. The molecule has 3 rings (SSSR count). The molecule has 0 saturated heterocycles. The Morgan fingerprint density at radius 2 is 1.88 bits per heavy atom. The van der Waals surface area contributed by atoms with Crippen molar-refractivity contribution in [2.75, 3.05) is 0 Å². The van der Waals surface area contributed by atoms with Crippen molar-refractivity contribution in [3.8, 4) is 0 Å². The average Bonchev–Trinajstić information content (AvgIpc) is 2.66. The Morgan fingerprint density at radius 1 is 1.24 bits per heavy atom. The average molecular weight is 360 g/mol. The third kappa shape index (κ3) is 3.16. The summed E-state index contributed by atoms with van der Waals surface area (Å²) in [5.74, 6) is -0.817. The summed E-state index contributed by atoms with van der Waals surface area (Å²) < 4.78 is 27.1. The van der Waals surface area contributed by atoms with Gasteiger partial charge in [0.25, 0.3) is 5.91 Å². The molecule has 1 aromatic heterocycles. The zero-order valence-electron chi connectivity index (χ0n) is 13.2. The van der Waals surface area contributed by atoms with Crippen molar-refractivity contribution in [1.82, 2.24) is 19.8 Å². The maximum Gasteiger partial charge on any atom is 0.262 e. The number of benzene rings is 1. The Bertz CT molecular complexity index is 912. The highest BCUT2D eigenvalue weighted by Gasteiger charge is 2.40. The summed E-state index contributed by atoms with van der Waals surface area (Å²) in [4.78, 5) is 20.4. The first-order valence-electron chi connectivity index (χ1n) is 7.44. The van der Waals surface area contributed by atoms with Gasteiger partial charge in [0.2, 0.25) is 10.0 Å². The standard InChI is InChI=1S/C16H16N4O4S/c1-2-11-3-5-12(6-4-11)25(23,24)20-10-14-13(17-7-8-18-14)9-15(20)16(21)19-22/h2-8,15,22H,1,9-10H2,(H,19,21)/t15-/m1/s1. The van der Waals surface area contributed by atoms with Crippen LogP contribution in [0.5, 0.6) is 0 Å². The van der Waals surface area contributed by atoms with Crippen molar-refractivity contribution in [3.63, 3.8) is 0 Å². The van der Waals surface area contributed by atoms with Gasteiger partial charge in [-0.15, -0.1) is 0 Å². The van der Waals surface area contributed by atoms with Gasteiger partial charge in [0, 0.05) is 18.8 Å². The highest BCUT2D eigenvalue weighted by molar-refractivity contribution is 7.89. The van der Waals surface area contributed by atoms with Gasteiger partial charge < -0.3 is 0 Å². The van der Waals surface area contributed by atoms with Gasteiger partial charge >= 0.3 is 0 Å². The van der Waals surface area contributed by atoms with Gasteiger partial charge in [-0.2, -0.15) is 4.31 Å². The summed E-state index contributed by atoms with van der Waals surface area (Å²) in [5, 5.41) is 8.99. The molecule has 1 aliphatic heterocycles. The largest absolute Gasteiger partial charge is 0.289 e. The lowest BCUT2D eigenvalue weighted by atomic mass is 10.0. The molecule has 0 unspecified atom stereocenters. The van der Waals surface area contributed by atoms with E-state index in [0.29, 0.717) is 11.4 Å². The second kappa shape index (κ2) is 6.71. The van der Waals surface area contributed by atoms with Crippen LogP contribution in [0, 0.1) is 0 Å².